The summed E-state index contributed by atoms with van der Waals surface area (Å²) in [7, 11) is 0. The molecule has 0 bridgehead atoms. The molecule has 0 aliphatic heterocycles. The molecule has 0 aliphatic carbocycles. The second kappa shape index (κ2) is 6.37. The van der Waals surface area contributed by atoms with Crippen molar-refractivity contribution >= 4 is 0 Å². The van der Waals surface area contributed by atoms with Crippen molar-refractivity contribution in [3.8, 4) is 0 Å². The van der Waals surface area contributed by atoms with E-state index in [2.05, 4.69) is 22.4 Å². The van der Waals surface area contributed by atoms with Crippen molar-refractivity contribution in [3.05, 3.63) is 89.6 Å². The van der Waals surface area contributed by atoms with E-state index >= 15 is 0 Å². The number of nitrogens with one attached hydrogen (secondary N) is 1. The minimum atomic E-state index is 0.0535. The summed E-state index contributed by atoms with van der Waals surface area (Å²) >= 11 is 0. The summed E-state index contributed by atoms with van der Waals surface area (Å²) in [6.45, 7) is 2.63. The second-order valence-corrected chi connectivity index (χ2v) is 4.99. The Morgan fingerprint density at radius 3 is 2.48 bits per heavy atom. The fourth-order valence-electron chi connectivity index (χ4n) is 2.37. The first-order chi connectivity index (χ1) is 10.3. The highest BCUT2D eigenvalue weighted by molar-refractivity contribution is 5.27. The average molecular weight is 278 g/mol. The molecule has 106 valence electrons. The van der Waals surface area contributed by atoms with Crippen molar-refractivity contribution in [2.75, 3.05) is 0 Å². The molecule has 0 fully saturated rings. The number of aryl methyl sites for hydroxylation is 1. The number of aromatic nitrogens is 1. The summed E-state index contributed by atoms with van der Waals surface area (Å²) < 4.78 is 5.62. The average Bonchev–Trinajstić information content (AvgIpc) is 2.95. The highest BCUT2D eigenvalue weighted by atomic mass is 16.3. The standard InChI is InChI=1S/C18H18N2O/c1-14-10-11-16(21-14)13-20-18(15-7-3-2-4-8-15)17-9-5-6-12-19-17/h2-12,18,20H,13H2,1H3. The summed E-state index contributed by atoms with van der Waals surface area (Å²) in [5.74, 6) is 1.87. The maximum Gasteiger partial charge on any atom is 0.117 e. The Bertz CT molecular complexity index is 637. The normalized spacial score (nSPS) is 12.2. The lowest BCUT2D eigenvalue weighted by molar-refractivity contribution is 0.448. The van der Waals surface area contributed by atoms with Crippen LogP contribution in [0.4, 0.5) is 0 Å². The van der Waals surface area contributed by atoms with Gasteiger partial charge < -0.3 is 4.42 Å². The van der Waals surface area contributed by atoms with Gasteiger partial charge in [0, 0.05) is 6.20 Å². The number of nitrogens with zero attached hydrogens (tertiary/aromatic N) is 1. The lowest BCUT2D eigenvalue weighted by Gasteiger charge is -2.18. The Balaban J connectivity index is 1.83. The maximum absolute atomic E-state index is 5.62. The second-order valence-electron chi connectivity index (χ2n) is 4.99. The monoisotopic (exact) mass is 278 g/mol. The van der Waals surface area contributed by atoms with Crippen LogP contribution in [0, 0.1) is 6.92 Å². The summed E-state index contributed by atoms with van der Waals surface area (Å²) in [6.07, 6.45) is 1.82. The van der Waals surface area contributed by atoms with Gasteiger partial charge in [-0.3, -0.25) is 10.3 Å². The van der Waals surface area contributed by atoms with Gasteiger partial charge in [-0.2, -0.15) is 0 Å². The van der Waals surface area contributed by atoms with E-state index in [0.29, 0.717) is 6.54 Å². The Morgan fingerprint density at radius 1 is 1.00 bits per heavy atom. The van der Waals surface area contributed by atoms with Crippen molar-refractivity contribution in [1.29, 1.82) is 0 Å². The molecule has 0 spiro atoms. The molecule has 3 nitrogen and oxygen atoms in total. The van der Waals surface area contributed by atoms with Crippen molar-refractivity contribution in [2.24, 2.45) is 0 Å². The molecular formula is C18H18N2O. The first kappa shape index (κ1) is 13.6. The lowest BCUT2D eigenvalue weighted by atomic mass is 10.0. The van der Waals surface area contributed by atoms with Gasteiger partial charge in [0.2, 0.25) is 0 Å². The van der Waals surface area contributed by atoms with Crippen molar-refractivity contribution in [3.63, 3.8) is 0 Å². The number of benzene rings is 1. The molecule has 0 radical (unpaired) electrons. The predicted octanol–water partition coefficient (Wildman–Crippen LogP) is 3.86. The minimum absolute atomic E-state index is 0.0535. The van der Waals surface area contributed by atoms with Crippen LogP contribution in [0.2, 0.25) is 0 Å². The molecule has 0 aliphatic rings. The highest BCUT2D eigenvalue weighted by Gasteiger charge is 2.15. The molecule has 1 unspecified atom stereocenters. The number of hydrogen-bond acceptors (Lipinski definition) is 3. The summed E-state index contributed by atoms with van der Waals surface area (Å²) in [6, 6.07) is 20.4. The molecule has 0 saturated carbocycles. The molecule has 3 aromatic rings. The third-order valence-corrected chi connectivity index (χ3v) is 3.39. The molecule has 21 heavy (non-hydrogen) atoms. The SMILES string of the molecule is Cc1ccc(CNC(c2ccccc2)c2ccccn2)o1. The van der Waals surface area contributed by atoms with Gasteiger partial charge >= 0.3 is 0 Å². The van der Waals surface area contributed by atoms with Gasteiger partial charge in [-0.15, -0.1) is 0 Å². The van der Waals surface area contributed by atoms with Crippen LogP contribution >= 0.6 is 0 Å². The van der Waals surface area contributed by atoms with Crippen LogP contribution in [0.5, 0.6) is 0 Å². The Morgan fingerprint density at radius 2 is 1.81 bits per heavy atom. The number of rotatable bonds is 5. The van der Waals surface area contributed by atoms with Gasteiger partial charge in [0.1, 0.15) is 11.5 Å². The smallest absolute Gasteiger partial charge is 0.117 e. The zero-order valence-electron chi connectivity index (χ0n) is 12.0. The van der Waals surface area contributed by atoms with Crippen molar-refractivity contribution in [1.82, 2.24) is 10.3 Å². The quantitative estimate of drug-likeness (QED) is 0.770. The van der Waals surface area contributed by atoms with Crippen LogP contribution in [0.1, 0.15) is 28.8 Å². The van der Waals surface area contributed by atoms with Gasteiger partial charge in [0.25, 0.3) is 0 Å². The van der Waals surface area contributed by atoms with E-state index < -0.39 is 0 Å². The van der Waals surface area contributed by atoms with E-state index in [0.717, 1.165) is 17.2 Å². The van der Waals surface area contributed by atoms with Crippen LogP contribution in [0.15, 0.2) is 71.3 Å². The van der Waals surface area contributed by atoms with Gasteiger partial charge in [0.15, 0.2) is 0 Å². The van der Waals surface area contributed by atoms with Crippen molar-refractivity contribution in [2.45, 2.75) is 19.5 Å². The molecular weight excluding hydrogens is 260 g/mol. The fourth-order valence-corrected chi connectivity index (χ4v) is 2.37. The molecule has 3 heteroatoms. The van der Waals surface area contributed by atoms with Crippen LogP contribution < -0.4 is 5.32 Å². The van der Waals surface area contributed by atoms with Crippen LogP contribution in [-0.4, -0.2) is 4.98 Å². The van der Waals surface area contributed by atoms with E-state index in [4.69, 9.17) is 4.42 Å². The zero-order valence-corrected chi connectivity index (χ0v) is 12.0. The van der Waals surface area contributed by atoms with E-state index in [-0.39, 0.29) is 6.04 Å². The van der Waals surface area contributed by atoms with Gasteiger partial charge in [0.05, 0.1) is 18.3 Å². The Kier molecular flexibility index (Phi) is 4.12. The summed E-state index contributed by atoms with van der Waals surface area (Å²) in [5.41, 5.74) is 2.20. The molecule has 2 heterocycles. The number of furan rings is 1. The first-order valence-electron chi connectivity index (χ1n) is 7.07. The molecule has 0 saturated heterocycles. The van der Waals surface area contributed by atoms with Crippen LogP contribution in [0.3, 0.4) is 0 Å². The number of hydrogen-bond donors (Lipinski definition) is 1. The fraction of sp³-hybridized carbons (Fsp3) is 0.167. The lowest BCUT2D eigenvalue weighted by Crippen LogP contribution is -2.22. The van der Waals surface area contributed by atoms with Gasteiger partial charge in [-0.25, -0.2) is 0 Å². The van der Waals surface area contributed by atoms with Crippen LogP contribution in [-0.2, 0) is 6.54 Å². The van der Waals surface area contributed by atoms with Crippen molar-refractivity contribution < 1.29 is 4.42 Å². The minimum Gasteiger partial charge on any atom is -0.465 e. The topological polar surface area (TPSA) is 38.1 Å². The molecule has 1 aromatic carbocycles. The van der Waals surface area contributed by atoms with E-state index in [1.54, 1.807) is 0 Å². The Labute approximate surface area is 124 Å². The molecule has 1 N–H and O–H groups in total. The highest BCUT2D eigenvalue weighted by Crippen LogP contribution is 2.20. The molecule has 1 atom stereocenters. The van der Waals surface area contributed by atoms with Gasteiger partial charge in [-0.05, 0) is 36.8 Å². The van der Waals surface area contributed by atoms with E-state index in [9.17, 15) is 0 Å². The molecule has 2 aromatic heterocycles. The summed E-state index contributed by atoms with van der Waals surface area (Å²) in [4.78, 5) is 4.48. The third-order valence-electron chi connectivity index (χ3n) is 3.39. The summed E-state index contributed by atoms with van der Waals surface area (Å²) in [5, 5.41) is 3.53. The predicted molar refractivity (Wildman–Crippen MR) is 82.8 cm³/mol. The van der Waals surface area contributed by atoms with E-state index in [1.165, 1.54) is 5.56 Å². The van der Waals surface area contributed by atoms with Crippen LogP contribution in [0.25, 0.3) is 0 Å². The zero-order chi connectivity index (χ0) is 14.5. The first-order valence-corrected chi connectivity index (χ1v) is 7.07. The van der Waals surface area contributed by atoms with E-state index in [1.807, 2.05) is 61.7 Å². The Hall–Kier alpha value is -2.39. The maximum atomic E-state index is 5.62. The number of pyridine rings is 1. The molecule has 3 rings (SSSR count). The van der Waals surface area contributed by atoms with Gasteiger partial charge in [-0.1, -0.05) is 36.4 Å². The molecule has 0 amide bonds. The third kappa shape index (κ3) is 3.38. The largest absolute Gasteiger partial charge is 0.465 e.